The fourth-order valence-electron chi connectivity index (χ4n) is 1.68. The Labute approximate surface area is 155 Å². The van der Waals surface area contributed by atoms with Crippen LogP contribution in [-0.4, -0.2) is 23.9 Å². The van der Waals surface area contributed by atoms with Gasteiger partial charge in [0.15, 0.2) is 0 Å². The van der Waals surface area contributed by atoms with Crippen molar-refractivity contribution < 1.29 is 60.0 Å². The number of hydrogen-bond acceptors (Lipinski definition) is 8. The van der Waals surface area contributed by atoms with Gasteiger partial charge in [-0.15, -0.1) is 0 Å². The first-order valence-corrected chi connectivity index (χ1v) is 6.29. The van der Waals surface area contributed by atoms with Crippen LogP contribution in [0.25, 0.3) is 0 Å². The number of carbonyl (C=O) groups excluding carboxylic acids is 4. The molecule has 131 valence electrons. The fourth-order valence-corrected chi connectivity index (χ4v) is 1.68. The third kappa shape index (κ3) is 6.18. The Hall–Kier alpha value is -3.02. The maximum atomic E-state index is 10.3. The van der Waals surface area contributed by atoms with Crippen LogP contribution in [0.4, 0.5) is 0 Å². The topological polar surface area (TPSA) is 161 Å². The van der Waals surface area contributed by atoms with Gasteiger partial charge in [-0.1, -0.05) is 48.5 Å². The minimum absolute atomic E-state index is 0. The van der Waals surface area contributed by atoms with Gasteiger partial charge in [-0.2, -0.15) is 0 Å². The first kappa shape index (κ1) is 22.0. The molecule has 0 saturated carbocycles. The second-order valence-corrected chi connectivity index (χ2v) is 4.24. The molecular weight excluding hydrogens is 506 g/mol. The summed E-state index contributed by atoms with van der Waals surface area (Å²) in [5, 5.41) is 41.3. The Bertz CT molecular complexity index is 667. The van der Waals surface area contributed by atoms with Crippen molar-refractivity contribution in [2.45, 2.75) is 0 Å². The fraction of sp³-hybridized carbons (Fsp3) is 0. The van der Waals surface area contributed by atoms with Crippen LogP contribution in [-0.2, 0) is 20.4 Å². The smallest absolute Gasteiger partial charge is 0.0721 e. The molecule has 0 aliphatic carbocycles. The van der Waals surface area contributed by atoms with Gasteiger partial charge in [0, 0.05) is 42.7 Å². The molecule has 0 aliphatic rings. The largest absolute Gasteiger partial charge is 0.545 e. The summed E-state index contributed by atoms with van der Waals surface area (Å²) in [7, 11) is 0. The van der Waals surface area contributed by atoms with E-state index >= 15 is 0 Å². The molecule has 0 bridgehead atoms. The molecule has 1 radical (unpaired) electrons. The molecule has 0 spiro atoms. The predicted molar refractivity (Wildman–Crippen MR) is 70.2 cm³/mol. The summed E-state index contributed by atoms with van der Waals surface area (Å²) in [4.78, 5) is 41.3. The summed E-state index contributed by atoms with van der Waals surface area (Å²) >= 11 is 0. The average molecular weight is 514 g/mol. The molecule has 0 aromatic heterocycles. The molecule has 2 aromatic carbocycles. The van der Waals surface area contributed by atoms with Gasteiger partial charge >= 0.3 is 0 Å². The molecule has 0 N–H and O–H groups in total. The molecule has 0 fully saturated rings. The molecule has 8 nitrogen and oxygen atoms in total. The van der Waals surface area contributed by atoms with E-state index in [1.165, 1.54) is 24.3 Å². The number of benzene rings is 2. The molecular formula is C16H8O8Re-4. The first-order valence-electron chi connectivity index (χ1n) is 6.29. The Balaban J connectivity index is 0.000000443. The monoisotopic (exact) mass is 515 g/mol. The normalized spacial score (nSPS) is 8.96. The quantitative estimate of drug-likeness (QED) is 0.413. The summed E-state index contributed by atoms with van der Waals surface area (Å²) in [6.45, 7) is 0. The molecule has 25 heavy (non-hydrogen) atoms. The van der Waals surface area contributed by atoms with Crippen LogP contribution in [0, 0.1) is 0 Å². The van der Waals surface area contributed by atoms with E-state index in [1.807, 2.05) is 0 Å². The van der Waals surface area contributed by atoms with Crippen LogP contribution in [0.5, 0.6) is 0 Å². The molecule has 0 atom stereocenters. The third-order valence-corrected chi connectivity index (χ3v) is 2.73. The maximum Gasteiger partial charge on any atom is 0.0721 e. The van der Waals surface area contributed by atoms with E-state index in [0.717, 1.165) is 24.3 Å². The van der Waals surface area contributed by atoms with Crippen molar-refractivity contribution in [3.05, 3.63) is 70.8 Å². The van der Waals surface area contributed by atoms with Gasteiger partial charge in [0.25, 0.3) is 0 Å². The minimum Gasteiger partial charge on any atom is -0.545 e. The summed E-state index contributed by atoms with van der Waals surface area (Å²) in [6, 6.07) is 10.3. The van der Waals surface area contributed by atoms with Crippen LogP contribution < -0.4 is 20.4 Å². The van der Waals surface area contributed by atoms with Crippen molar-refractivity contribution in [1.82, 2.24) is 0 Å². The number of carboxylic acid groups (broad SMARTS) is 4. The SMILES string of the molecule is O=C([O-])c1ccccc1C(=O)[O-].O=C([O-])c1ccccc1C(=O)[O-].[Re]. The van der Waals surface area contributed by atoms with Gasteiger partial charge in [0.2, 0.25) is 0 Å². The van der Waals surface area contributed by atoms with E-state index in [1.54, 1.807) is 0 Å². The van der Waals surface area contributed by atoms with Gasteiger partial charge in [-0.3, -0.25) is 0 Å². The van der Waals surface area contributed by atoms with Gasteiger partial charge < -0.3 is 39.6 Å². The van der Waals surface area contributed by atoms with Gasteiger partial charge in [-0.05, 0) is 0 Å². The van der Waals surface area contributed by atoms with Crippen LogP contribution in [0.15, 0.2) is 48.5 Å². The zero-order chi connectivity index (χ0) is 18.3. The number of carbonyl (C=O) groups is 4. The Morgan fingerprint density at radius 3 is 0.760 bits per heavy atom. The molecule has 2 aromatic rings. The van der Waals surface area contributed by atoms with E-state index in [0.29, 0.717) is 0 Å². The van der Waals surface area contributed by atoms with Crippen molar-refractivity contribution in [2.75, 3.05) is 0 Å². The van der Waals surface area contributed by atoms with E-state index in [4.69, 9.17) is 0 Å². The molecule has 9 heteroatoms. The maximum absolute atomic E-state index is 10.3. The zero-order valence-electron chi connectivity index (χ0n) is 12.3. The zero-order valence-corrected chi connectivity index (χ0v) is 15.0. The molecule has 2 rings (SSSR count). The van der Waals surface area contributed by atoms with Crippen molar-refractivity contribution in [3.8, 4) is 0 Å². The molecule has 0 aliphatic heterocycles. The van der Waals surface area contributed by atoms with Crippen molar-refractivity contribution in [3.63, 3.8) is 0 Å². The van der Waals surface area contributed by atoms with Gasteiger partial charge in [0.05, 0.1) is 23.9 Å². The van der Waals surface area contributed by atoms with Crippen LogP contribution >= 0.6 is 0 Å². The minimum atomic E-state index is -1.52. The standard InChI is InChI=1S/2C8H6O4.Re/c2*9-7(10)5-3-1-2-4-6(5)8(11)12;/h2*1-4H,(H,9,10)(H,11,12);/p-4. The Morgan fingerprint density at radius 1 is 0.480 bits per heavy atom. The predicted octanol–water partition coefficient (Wildman–Crippen LogP) is -3.18. The van der Waals surface area contributed by atoms with E-state index in [-0.39, 0.29) is 42.7 Å². The summed E-state index contributed by atoms with van der Waals surface area (Å²) in [5.74, 6) is -6.07. The van der Waals surface area contributed by atoms with Crippen molar-refractivity contribution in [1.29, 1.82) is 0 Å². The van der Waals surface area contributed by atoms with Crippen LogP contribution in [0.3, 0.4) is 0 Å². The average Bonchev–Trinajstić information content (AvgIpc) is 2.55. The van der Waals surface area contributed by atoms with Gasteiger partial charge in [-0.25, -0.2) is 0 Å². The van der Waals surface area contributed by atoms with Crippen LogP contribution in [0.2, 0.25) is 0 Å². The number of rotatable bonds is 4. The van der Waals surface area contributed by atoms with Crippen LogP contribution in [0.1, 0.15) is 41.4 Å². The summed E-state index contributed by atoms with van der Waals surface area (Å²) in [5.41, 5.74) is -1.45. The Morgan fingerprint density at radius 2 is 0.640 bits per heavy atom. The third-order valence-electron chi connectivity index (χ3n) is 2.73. The summed E-state index contributed by atoms with van der Waals surface area (Å²) < 4.78 is 0. The number of carboxylic acids is 4. The van der Waals surface area contributed by atoms with Crippen molar-refractivity contribution >= 4 is 23.9 Å². The Kier molecular flexibility index (Phi) is 8.77. The second-order valence-electron chi connectivity index (χ2n) is 4.24. The van der Waals surface area contributed by atoms with Gasteiger partial charge in [0.1, 0.15) is 0 Å². The van der Waals surface area contributed by atoms with E-state index < -0.39 is 23.9 Å². The molecule has 0 saturated heterocycles. The molecule has 0 unspecified atom stereocenters. The second kappa shape index (κ2) is 9.97. The van der Waals surface area contributed by atoms with E-state index in [9.17, 15) is 39.6 Å². The first-order chi connectivity index (χ1) is 11.3. The molecule has 0 amide bonds. The van der Waals surface area contributed by atoms with Crippen molar-refractivity contribution in [2.24, 2.45) is 0 Å². The van der Waals surface area contributed by atoms with E-state index in [2.05, 4.69) is 0 Å². The number of hydrogen-bond donors (Lipinski definition) is 0. The number of aromatic carboxylic acids is 4. The summed E-state index contributed by atoms with van der Waals surface area (Å²) in [6.07, 6.45) is 0. The molecule has 0 heterocycles.